The quantitative estimate of drug-likeness (QED) is 0.844. The van der Waals surface area contributed by atoms with Crippen LogP contribution in [0.15, 0.2) is 24.3 Å². The molecule has 0 unspecified atom stereocenters. The third-order valence-electron chi connectivity index (χ3n) is 6.70. The van der Waals surface area contributed by atoms with E-state index in [-0.39, 0.29) is 11.3 Å². The number of fused-ring (bicyclic) bond motifs is 1. The summed E-state index contributed by atoms with van der Waals surface area (Å²) in [6.07, 6.45) is 9.57. The lowest BCUT2D eigenvalue weighted by Gasteiger charge is -2.42. The van der Waals surface area contributed by atoms with Gasteiger partial charge in [-0.1, -0.05) is 25.0 Å². The molecule has 1 N–H and O–H groups in total. The molecular weight excluding hydrogens is 352 g/mol. The summed E-state index contributed by atoms with van der Waals surface area (Å²) in [6, 6.07) is 7.50. The molecule has 1 saturated carbocycles. The molecule has 0 atom stereocenters. The fraction of sp³-hybridized carbons (Fsp3) is 0.652. The fourth-order valence-electron chi connectivity index (χ4n) is 4.55. The summed E-state index contributed by atoms with van der Waals surface area (Å²) in [5, 5.41) is 3.18. The number of para-hydroxylation sites is 1. The Kier molecular flexibility index (Phi) is 5.88. The largest absolute Gasteiger partial charge is 0.493 e. The maximum Gasteiger partial charge on any atom is 0.255 e. The van der Waals surface area contributed by atoms with E-state index in [2.05, 4.69) is 10.2 Å². The van der Waals surface area contributed by atoms with Crippen molar-refractivity contribution in [1.29, 1.82) is 0 Å². The first-order valence-electron chi connectivity index (χ1n) is 10.9. The van der Waals surface area contributed by atoms with Crippen molar-refractivity contribution in [3.05, 3.63) is 29.8 Å². The van der Waals surface area contributed by atoms with Crippen LogP contribution in [-0.2, 0) is 4.79 Å². The molecule has 4 rings (SSSR count). The number of piperidine rings is 1. The van der Waals surface area contributed by atoms with Gasteiger partial charge in [0.05, 0.1) is 12.2 Å². The van der Waals surface area contributed by atoms with Crippen LogP contribution in [0.25, 0.3) is 0 Å². The minimum absolute atomic E-state index is 0.0530. The van der Waals surface area contributed by atoms with Crippen LogP contribution in [0.2, 0.25) is 0 Å². The Morgan fingerprint density at radius 2 is 1.89 bits per heavy atom. The van der Waals surface area contributed by atoms with E-state index in [1.165, 1.54) is 12.8 Å². The number of likely N-dealkylation sites (tertiary alicyclic amines) is 1. The second-order valence-corrected chi connectivity index (χ2v) is 8.87. The second kappa shape index (κ2) is 8.54. The van der Waals surface area contributed by atoms with E-state index in [9.17, 15) is 9.59 Å². The lowest BCUT2D eigenvalue weighted by Crippen LogP contribution is -2.48. The number of carbonyl (C=O) groups is 2. The first-order chi connectivity index (χ1) is 13.7. The minimum Gasteiger partial charge on any atom is -0.493 e. The van der Waals surface area contributed by atoms with E-state index >= 15 is 0 Å². The number of rotatable bonds is 2. The SMILES string of the molecule is O=C1NCC2(CCCCCOc3ccccc31)CCN(C(=O)CC1CC1)CC2. The number of hydrogen-bond donors (Lipinski definition) is 1. The van der Waals surface area contributed by atoms with Crippen molar-refractivity contribution in [2.45, 2.75) is 57.8 Å². The van der Waals surface area contributed by atoms with Gasteiger partial charge in [-0.25, -0.2) is 0 Å². The molecule has 0 bridgehead atoms. The van der Waals surface area contributed by atoms with E-state index < -0.39 is 0 Å². The molecule has 28 heavy (non-hydrogen) atoms. The third kappa shape index (κ3) is 4.68. The Morgan fingerprint density at radius 1 is 1.11 bits per heavy atom. The standard InChI is InChI=1S/C23H32N2O3/c26-21(16-18-8-9-18)25-13-11-23(12-14-25)10-4-1-5-15-28-20-7-3-2-6-19(20)22(27)24-17-23/h2-3,6-7,18H,1,4-5,8-17H2,(H,24,27). The number of hydrogen-bond acceptors (Lipinski definition) is 3. The summed E-state index contributed by atoms with van der Waals surface area (Å²) in [6.45, 7) is 3.01. The lowest BCUT2D eigenvalue weighted by molar-refractivity contribution is -0.134. The van der Waals surface area contributed by atoms with Gasteiger partial charge < -0.3 is 15.0 Å². The van der Waals surface area contributed by atoms with Crippen molar-refractivity contribution < 1.29 is 14.3 Å². The van der Waals surface area contributed by atoms with E-state index in [0.29, 0.717) is 36.3 Å². The van der Waals surface area contributed by atoms with E-state index in [4.69, 9.17) is 4.74 Å². The van der Waals surface area contributed by atoms with Crippen molar-refractivity contribution >= 4 is 11.8 Å². The smallest absolute Gasteiger partial charge is 0.255 e. The molecule has 1 aromatic carbocycles. The summed E-state index contributed by atoms with van der Waals surface area (Å²) in [5.41, 5.74) is 0.733. The van der Waals surface area contributed by atoms with Crippen LogP contribution in [0.3, 0.4) is 0 Å². The van der Waals surface area contributed by atoms with E-state index in [0.717, 1.165) is 58.0 Å². The zero-order chi connectivity index (χ0) is 19.4. The van der Waals surface area contributed by atoms with Crippen LogP contribution >= 0.6 is 0 Å². The second-order valence-electron chi connectivity index (χ2n) is 8.87. The number of nitrogens with zero attached hydrogens (tertiary/aromatic N) is 1. The molecule has 2 aliphatic heterocycles. The van der Waals surface area contributed by atoms with Gasteiger partial charge in [-0.15, -0.1) is 0 Å². The molecule has 1 saturated heterocycles. The molecule has 0 aromatic heterocycles. The highest BCUT2D eigenvalue weighted by atomic mass is 16.5. The van der Waals surface area contributed by atoms with Crippen molar-refractivity contribution in [2.75, 3.05) is 26.2 Å². The molecule has 3 aliphatic rings. The first-order valence-corrected chi connectivity index (χ1v) is 10.9. The molecule has 2 amide bonds. The Labute approximate surface area is 167 Å². The van der Waals surface area contributed by atoms with Gasteiger partial charge in [0.1, 0.15) is 5.75 Å². The van der Waals surface area contributed by atoms with Gasteiger partial charge in [-0.3, -0.25) is 9.59 Å². The van der Waals surface area contributed by atoms with E-state index in [1.54, 1.807) is 0 Å². The zero-order valence-corrected chi connectivity index (χ0v) is 16.8. The first kappa shape index (κ1) is 19.3. The van der Waals surface area contributed by atoms with Gasteiger partial charge in [0.25, 0.3) is 5.91 Å². The van der Waals surface area contributed by atoms with Crippen molar-refractivity contribution in [2.24, 2.45) is 11.3 Å². The van der Waals surface area contributed by atoms with Crippen molar-refractivity contribution in [3.63, 3.8) is 0 Å². The van der Waals surface area contributed by atoms with Crippen molar-refractivity contribution in [1.82, 2.24) is 10.2 Å². The number of amides is 2. The van der Waals surface area contributed by atoms with Crippen molar-refractivity contribution in [3.8, 4) is 5.75 Å². The molecule has 152 valence electrons. The summed E-state index contributed by atoms with van der Waals surface area (Å²) in [4.78, 5) is 27.3. The molecule has 2 fully saturated rings. The highest BCUT2D eigenvalue weighted by Crippen LogP contribution is 2.38. The predicted octanol–water partition coefficient (Wildman–Crippen LogP) is 3.78. The summed E-state index contributed by atoms with van der Waals surface area (Å²) < 4.78 is 5.84. The van der Waals surface area contributed by atoms with E-state index in [1.807, 2.05) is 24.3 Å². The van der Waals surface area contributed by atoms with Crippen LogP contribution in [0.1, 0.15) is 68.1 Å². The number of ether oxygens (including phenoxy) is 1. The molecule has 5 heteroatoms. The average Bonchev–Trinajstić information content (AvgIpc) is 3.53. The minimum atomic E-state index is -0.0530. The molecular formula is C23H32N2O3. The van der Waals surface area contributed by atoms with Gasteiger partial charge in [-0.2, -0.15) is 0 Å². The number of nitrogens with one attached hydrogen (secondary N) is 1. The average molecular weight is 385 g/mol. The summed E-state index contributed by atoms with van der Waals surface area (Å²) in [5.74, 6) is 1.60. The van der Waals surface area contributed by atoms with Crippen LogP contribution in [0, 0.1) is 11.3 Å². The Morgan fingerprint density at radius 3 is 2.68 bits per heavy atom. The topological polar surface area (TPSA) is 58.6 Å². The molecule has 0 radical (unpaired) electrons. The Balaban J connectivity index is 1.41. The molecule has 1 aliphatic carbocycles. The monoisotopic (exact) mass is 384 g/mol. The molecule has 1 aromatic rings. The molecule has 1 spiro atoms. The normalized spacial score (nSPS) is 23.0. The lowest BCUT2D eigenvalue weighted by atomic mass is 9.74. The maximum absolute atomic E-state index is 12.8. The van der Waals surface area contributed by atoms with Gasteiger partial charge in [0.15, 0.2) is 0 Å². The van der Waals surface area contributed by atoms with Crippen LogP contribution in [0.5, 0.6) is 5.75 Å². The highest BCUT2D eigenvalue weighted by Gasteiger charge is 2.37. The van der Waals surface area contributed by atoms with Crippen LogP contribution < -0.4 is 10.1 Å². The van der Waals surface area contributed by atoms with Gasteiger partial charge in [-0.05, 0) is 62.0 Å². The van der Waals surface area contributed by atoms with Gasteiger partial charge >= 0.3 is 0 Å². The number of benzene rings is 1. The molecule has 5 nitrogen and oxygen atoms in total. The molecule has 2 heterocycles. The van der Waals surface area contributed by atoms with Crippen LogP contribution in [0.4, 0.5) is 0 Å². The highest BCUT2D eigenvalue weighted by molar-refractivity contribution is 5.96. The van der Waals surface area contributed by atoms with Crippen LogP contribution in [-0.4, -0.2) is 43.0 Å². The number of carbonyl (C=O) groups excluding carboxylic acids is 2. The van der Waals surface area contributed by atoms with Gasteiger partial charge in [0, 0.05) is 26.1 Å². The third-order valence-corrected chi connectivity index (χ3v) is 6.70. The zero-order valence-electron chi connectivity index (χ0n) is 16.8. The Bertz CT molecular complexity index is 706. The maximum atomic E-state index is 12.8. The summed E-state index contributed by atoms with van der Waals surface area (Å²) >= 11 is 0. The Hall–Kier alpha value is -2.04. The fourth-order valence-corrected chi connectivity index (χ4v) is 4.55. The van der Waals surface area contributed by atoms with Gasteiger partial charge in [0.2, 0.25) is 5.91 Å². The predicted molar refractivity (Wildman–Crippen MR) is 108 cm³/mol. The summed E-state index contributed by atoms with van der Waals surface area (Å²) in [7, 11) is 0.